The van der Waals surface area contributed by atoms with Crippen LogP contribution >= 0.6 is 0 Å². The van der Waals surface area contributed by atoms with Gasteiger partial charge in [0.2, 0.25) is 0 Å². The molecule has 0 spiro atoms. The standard InChI is InChI=1S/C17H22N4O/c1-13-18-16(20-14-8-4-5-9-15(14)22-2)12-17(19-13)21-10-6-3-7-11-21/h4-5,8-9,12H,3,6-7,10-11H2,1-2H3,(H,18,19,20). The molecule has 0 bridgehead atoms. The summed E-state index contributed by atoms with van der Waals surface area (Å²) >= 11 is 0. The number of anilines is 3. The highest BCUT2D eigenvalue weighted by atomic mass is 16.5. The fraction of sp³-hybridized carbons (Fsp3) is 0.412. The molecule has 22 heavy (non-hydrogen) atoms. The summed E-state index contributed by atoms with van der Waals surface area (Å²) in [6.07, 6.45) is 3.78. The molecule has 1 aromatic heterocycles. The molecule has 1 fully saturated rings. The summed E-state index contributed by atoms with van der Waals surface area (Å²) in [4.78, 5) is 11.4. The zero-order valence-corrected chi connectivity index (χ0v) is 13.2. The smallest absolute Gasteiger partial charge is 0.142 e. The molecule has 1 aliphatic rings. The number of aromatic nitrogens is 2. The maximum absolute atomic E-state index is 5.38. The van der Waals surface area contributed by atoms with Crippen LogP contribution in [0.15, 0.2) is 30.3 Å². The molecule has 3 rings (SSSR count). The largest absolute Gasteiger partial charge is 0.495 e. The van der Waals surface area contributed by atoms with Crippen molar-refractivity contribution in [2.45, 2.75) is 26.2 Å². The van der Waals surface area contributed by atoms with Gasteiger partial charge in [0.25, 0.3) is 0 Å². The lowest BCUT2D eigenvalue weighted by molar-refractivity contribution is 0.417. The van der Waals surface area contributed by atoms with E-state index >= 15 is 0 Å². The van der Waals surface area contributed by atoms with Crippen molar-refractivity contribution in [3.05, 3.63) is 36.2 Å². The summed E-state index contributed by atoms with van der Waals surface area (Å²) in [5, 5.41) is 3.34. The maximum Gasteiger partial charge on any atom is 0.142 e. The first-order chi connectivity index (χ1) is 10.8. The summed E-state index contributed by atoms with van der Waals surface area (Å²) < 4.78 is 5.38. The lowest BCUT2D eigenvalue weighted by Crippen LogP contribution is -2.30. The van der Waals surface area contributed by atoms with Crippen molar-refractivity contribution in [1.82, 2.24) is 9.97 Å². The molecular weight excluding hydrogens is 276 g/mol. The van der Waals surface area contributed by atoms with Crippen molar-refractivity contribution in [1.29, 1.82) is 0 Å². The van der Waals surface area contributed by atoms with Crippen molar-refractivity contribution in [3.8, 4) is 5.75 Å². The molecule has 5 heteroatoms. The van der Waals surface area contributed by atoms with Gasteiger partial charge in [-0.3, -0.25) is 0 Å². The Morgan fingerprint density at radius 3 is 2.64 bits per heavy atom. The highest BCUT2D eigenvalue weighted by Crippen LogP contribution is 2.28. The minimum absolute atomic E-state index is 0.778. The Morgan fingerprint density at radius 1 is 1.09 bits per heavy atom. The third-order valence-corrected chi connectivity index (χ3v) is 3.87. The minimum atomic E-state index is 0.778. The van der Waals surface area contributed by atoms with E-state index in [2.05, 4.69) is 20.2 Å². The summed E-state index contributed by atoms with van der Waals surface area (Å²) in [6, 6.07) is 9.86. The second kappa shape index (κ2) is 6.64. The van der Waals surface area contributed by atoms with E-state index in [1.807, 2.05) is 37.3 Å². The van der Waals surface area contributed by atoms with Gasteiger partial charge in [-0.05, 0) is 38.3 Å². The van der Waals surface area contributed by atoms with Crippen LogP contribution in [0.1, 0.15) is 25.1 Å². The molecule has 0 saturated carbocycles. The van der Waals surface area contributed by atoms with Crippen molar-refractivity contribution < 1.29 is 4.74 Å². The first kappa shape index (κ1) is 14.6. The molecule has 5 nitrogen and oxygen atoms in total. The Labute approximate surface area is 131 Å². The second-order valence-corrected chi connectivity index (χ2v) is 5.53. The Balaban J connectivity index is 1.85. The van der Waals surface area contributed by atoms with Crippen LogP contribution in [0.5, 0.6) is 5.75 Å². The van der Waals surface area contributed by atoms with Crippen molar-refractivity contribution >= 4 is 17.3 Å². The Kier molecular flexibility index (Phi) is 4.42. The molecule has 0 aliphatic carbocycles. The maximum atomic E-state index is 5.38. The van der Waals surface area contributed by atoms with Crippen LogP contribution < -0.4 is 15.0 Å². The molecule has 0 radical (unpaired) electrons. The van der Waals surface area contributed by atoms with Crippen LogP contribution in [-0.4, -0.2) is 30.2 Å². The fourth-order valence-corrected chi connectivity index (χ4v) is 2.79. The Hall–Kier alpha value is -2.30. The Morgan fingerprint density at radius 2 is 1.86 bits per heavy atom. The third kappa shape index (κ3) is 3.30. The van der Waals surface area contributed by atoms with Gasteiger partial charge in [-0.15, -0.1) is 0 Å². The highest BCUT2D eigenvalue weighted by Gasteiger charge is 2.14. The molecule has 0 amide bonds. The van der Waals surface area contributed by atoms with Gasteiger partial charge >= 0.3 is 0 Å². The number of nitrogens with one attached hydrogen (secondary N) is 1. The molecule has 1 aliphatic heterocycles. The number of ether oxygens (including phenoxy) is 1. The predicted octanol–water partition coefficient (Wildman–Crippen LogP) is 3.53. The van der Waals surface area contributed by atoms with Crippen LogP contribution in [0, 0.1) is 6.92 Å². The number of nitrogens with zero attached hydrogens (tertiary/aromatic N) is 3. The third-order valence-electron chi connectivity index (χ3n) is 3.87. The van der Waals surface area contributed by atoms with E-state index in [-0.39, 0.29) is 0 Å². The van der Waals surface area contributed by atoms with Gasteiger partial charge < -0.3 is 15.0 Å². The van der Waals surface area contributed by atoms with Gasteiger partial charge in [0.1, 0.15) is 23.2 Å². The van der Waals surface area contributed by atoms with E-state index in [0.29, 0.717) is 0 Å². The summed E-state index contributed by atoms with van der Waals surface area (Å²) in [6.45, 7) is 4.08. The molecular formula is C17H22N4O. The summed E-state index contributed by atoms with van der Waals surface area (Å²) in [7, 11) is 1.67. The number of piperidine rings is 1. The van der Waals surface area contributed by atoms with Crippen LogP contribution in [0.4, 0.5) is 17.3 Å². The molecule has 0 atom stereocenters. The van der Waals surface area contributed by atoms with E-state index in [0.717, 1.165) is 42.0 Å². The number of hydrogen-bond acceptors (Lipinski definition) is 5. The number of benzene rings is 1. The lowest BCUT2D eigenvalue weighted by Gasteiger charge is -2.28. The summed E-state index contributed by atoms with van der Waals surface area (Å²) in [5.74, 6) is 3.39. The minimum Gasteiger partial charge on any atom is -0.495 e. The molecule has 2 heterocycles. The first-order valence-electron chi connectivity index (χ1n) is 7.77. The van der Waals surface area contributed by atoms with Gasteiger partial charge in [-0.1, -0.05) is 12.1 Å². The van der Waals surface area contributed by atoms with Gasteiger partial charge in [-0.25, -0.2) is 9.97 Å². The number of para-hydroxylation sites is 2. The van der Waals surface area contributed by atoms with E-state index in [1.54, 1.807) is 7.11 Å². The predicted molar refractivity (Wildman–Crippen MR) is 89.1 cm³/mol. The normalized spacial score (nSPS) is 14.7. The zero-order valence-electron chi connectivity index (χ0n) is 13.2. The second-order valence-electron chi connectivity index (χ2n) is 5.53. The summed E-state index contributed by atoms with van der Waals surface area (Å²) in [5.41, 5.74) is 0.910. The molecule has 1 saturated heterocycles. The van der Waals surface area contributed by atoms with Gasteiger partial charge in [0.15, 0.2) is 0 Å². The van der Waals surface area contributed by atoms with Crippen LogP contribution in [-0.2, 0) is 0 Å². The van der Waals surface area contributed by atoms with Crippen molar-refractivity contribution in [2.75, 3.05) is 30.4 Å². The van der Waals surface area contributed by atoms with Gasteiger partial charge in [0, 0.05) is 19.2 Å². The number of methoxy groups -OCH3 is 1. The molecule has 2 aromatic rings. The Bertz CT molecular complexity index is 638. The van der Waals surface area contributed by atoms with Crippen molar-refractivity contribution in [2.24, 2.45) is 0 Å². The molecule has 1 N–H and O–H groups in total. The SMILES string of the molecule is COc1ccccc1Nc1cc(N2CCCCC2)nc(C)n1. The topological polar surface area (TPSA) is 50.3 Å². The number of hydrogen-bond donors (Lipinski definition) is 1. The quantitative estimate of drug-likeness (QED) is 0.936. The zero-order chi connectivity index (χ0) is 15.4. The number of rotatable bonds is 4. The van der Waals surface area contributed by atoms with Crippen molar-refractivity contribution in [3.63, 3.8) is 0 Å². The van der Waals surface area contributed by atoms with E-state index in [4.69, 9.17) is 4.74 Å². The van der Waals surface area contributed by atoms with Crippen LogP contribution in [0.3, 0.4) is 0 Å². The van der Waals surface area contributed by atoms with Crippen LogP contribution in [0.25, 0.3) is 0 Å². The highest BCUT2D eigenvalue weighted by molar-refractivity contribution is 5.65. The average molecular weight is 298 g/mol. The fourth-order valence-electron chi connectivity index (χ4n) is 2.79. The average Bonchev–Trinajstić information content (AvgIpc) is 2.56. The van der Waals surface area contributed by atoms with Crippen LogP contribution in [0.2, 0.25) is 0 Å². The monoisotopic (exact) mass is 298 g/mol. The van der Waals surface area contributed by atoms with E-state index < -0.39 is 0 Å². The lowest BCUT2D eigenvalue weighted by atomic mass is 10.1. The van der Waals surface area contributed by atoms with E-state index in [1.165, 1.54) is 19.3 Å². The van der Waals surface area contributed by atoms with Gasteiger partial charge in [0.05, 0.1) is 12.8 Å². The number of aryl methyl sites for hydroxylation is 1. The van der Waals surface area contributed by atoms with E-state index in [9.17, 15) is 0 Å². The molecule has 1 aromatic carbocycles. The first-order valence-corrected chi connectivity index (χ1v) is 7.77. The van der Waals surface area contributed by atoms with Gasteiger partial charge in [-0.2, -0.15) is 0 Å². The molecule has 0 unspecified atom stereocenters. The molecule has 116 valence electrons.